The van der Waals surface area contributed by atoms with Crippen LogP contribution in [0.25, 0.3) is 0 Å². The quantitative estimate of drug-likeness (QED) is 0.359. The number of esters is 1. The highest BCUT2D eigenvalue weighted by atomic mass is 16.5. The number of carbonyl (C=O) groups is 1. The first-order chi connectivity index (χ1) is 10.6. The molecule has 0 atom stereocenters. The van der Waals surface area contributed by atoms with E-state index in [1.807, 2.05) is 12.1 Å². The van der Waals surface area contributed by atoms with Crippen LogP contribution in [0.2, 0.25) is 0 Å². The summed E-state index contributed by atoms with van der Waals surface area (Å²) in [5, 5.41) is 0. The Labute approximate surface area is 129 Å². The number of ether oxygens (including phenoxy) is 3. The molecule has 0 radical (unpaired) electrons. The van der Waals surface area contributed by atoms with Crippen molar-refractivity contribution in [1.82, 2.24) is 0 Å². The number of hydrogen-bond acceptors (Lipinski definition) is 6. The van der Waals surface area contributed by atoms with Crippen LogP contribution in [0.15, 0.2) is 47.7 Å². The number of nitrogens with two attached hydrogens (primary N) is 2. The van der Waals surface area contributed by atoms with Crippen LogP contribution in [-0.2, 0) is 14.3 Å². The van der Waals surface area contributed by atoms with Crippen LogP contribution in [-0.4, -0.2) is 20.2 Å². The molecule has 2 rings (SSSR count). The normalized spacial score (nSPS) is 15.8. The molecular weight excluding hydrogens is 284 g/mol. The standard InChI is InChI=1S/C16H20N2O4/c1-20-15(18)14(16(19)21-2)13(9-17)22-12-5-3-4-11(8-12)10-6-7-10/h3-5,8-10H,6-7,17-18H2,1-2H3/b13-9+,15-14-. The Bertz CT molecular complexity index is 618. The first kappa shape index (κ1) is 15.8. The summed E-state index contributed by atoms with van der Waals surface area (Å²) >= 11 is 0. The highest BCUT2D eigenvalue weighted by molar-refractivity contribution is 5.93. The number of carbonyl (C=O) groups excluding carboxylic acids is 1. The van der Waals surface area contributed by atoms with Gasteiger partial charge in [0.1, 0.15) is 5.75 Å². The van der Waals surface area contributed by atoms with E-state index in [0.29, 0.717) is 11.7 Å². The molecule has 1 fully saturated rings. The van der Waals surface area contributed by atoms with E-state index in [1.54, 1.807) is 6.07 Å². The van der Waals surface area contributed by atoms with E-state index < -0.39 is 5.97 Å². The van der Waals surface area contributed by atoms with E-state index in [2.05, 4.69) is 6.07 Å². The van der Waals surface area contributed by atoms with Crippen molar-refractivity contribution in [3.8, 4) is 5.75 Å². The van der Waals surface area contributed by atoms with Gasteiger partial charge in [-0.2, -0.15) is 0 Å². The Morgan fingerprint density at radius 1 is 1.27 bits per heavy atom. The SMILES string of the molecule is COC(=O)C(=C(/N)OC)/C(=C\N)Oc1cccc(C2CC2)c1. The van der Waals surface area contributed by atoms with Gasteiger partial charge in [-0.25, -0.2) is 4.79 Å². The van der Waals surface area contributed by atoms with Gasteiger partial charge in [-0.3, -0.25) is 0 Å². The van der Waals surface area contributed by atoms with Crippen molar-refractivity contribution in [3.63, 3.8) is 0 Å². The molecule has 0 bridgehead atoms. The van der Waals surface area contributed by atoms with E-state index in [4.69, 9.17) is 25.7 Å². The molecule has 6 nitrogen and oxygen atoms in total. The second kappa shape index (κ2) is 6.89. The van der Waals surface area contributed by atoms with Crippen LogP contribution < -0.4 is 16.2 Å². The van der Waals surface area contributed by atoms with Gasteiger partial charge < -0.3 is 25.7 Å². The van der Waals surface area contributed by atoms with Crippen molar-refractivity contribution in [2.75, 3.05) is 14.2 Å². The van der Waals surface area contributed by atoms with E-state index in [9.17, 15) is 4.79 Å². The van der Waals surface area contributed by atoms with Gasteiger partial charge in [0.05, 0.1) is 14.2 Å². The van der Waals surface area contributed by atoms with Gasteiger partial charge in [-0.05, 0) is 36.5 Å². The van der Waals surface area contributed by atoms with E-state index in [-0.39, 0.29) is 17.2 Å². The van der Waals surface area contributed by atoms with Crippen molar-refractivity contribution < 1.29 is 19.0 Å². The minimum atomic E-state index is -0.686. The lowest BCUT2D eigenvalue weighted by Crippen LogP contribution is -2.19. The number of benzene rings is 1. The highest BCUT2D eigenvalue weighted by Crippen LogP contribution is 2.41. The molecule has 0 heterocycles. The monoisotopic (exact) mass is 304 g/mol. The Hall–Kier alpha value is -2.63. The Kier molecular flexibility index (Phi) is 4.93. The molecule has 0 aliphatic heterocycles. The summed E-state index contributed by atoms with van der Waals surface area (Å²) in [4.78, 5) is 11.9. The van der Waals surface area contributed by atoms with Crippen LogP contribution in [0.3, 0.4) is 0 Å². The zero-order chi connectivity index (χ0) is 16.1. The van der Waals surface area contributed by atoms with E-state index in [0.717, 1.165) is 6.20 Å². The summed E-state index contributed by atoms with van der Waals surface area (Å²) in [6, 6.07) is 7.67. The van der Waals surface area contributed by atoms with Gasteiger partial charge in [0, 0.05) is 6.20 Å². The summed E-state index contributed by atoms with van der Waals surface area (Å²) in [7, 11) is 2.59. The van der Waals surface area contributed by atoms with Crippen molar-refractivity contribution >= 4 is 5.97 Å². The zero-order valence-electron chi connectivity index (χ0n) is 12.7. The molecule has 1 saturated carbocycles. The maximum Gasteiger partial charge on any atom is 0.347 e. The van der Waals surface area contributed by atoms with Crippen LogP contribution in [0.5, 0.6) is 5.75 Å². The molecule has 1 aliphatic rings. The molecule has 4 N–H and O–H groups in total. The third kappa shape index (κ3) is 3.52. The summed E-state index contributed by atoms with van der Waals surface area (Å²) in [6.07, 6.45) is 3.53. The largest absolute Gasteiger partial charge is 0.482 e. The second-order valence-electron chi connectivity index (χ2n) is 4.91. The Balaban J connectivity index is 2.27. The predicted octanol–water partition coefficient (Wildman–Crippen LogP) is 1.73. The molecule has 1 aromatic carbocycles. The molecule has 0 spiro atoms. The maximum atomic E-state index is 11.9. The predicted molar refractivity (Wildman–Crippen MR) is 81.6 cm³/mol. The smallest absolute Gasteiger partial charge is 0.347 e. The number of methoxy groups -OCH3 is 2. The summed E-state index contributed by atoms with van der Waals surface area (Å²) in [6.45, 7) is 0. The fourth-order valence-corrected chi connectivity index (χ4v) is 2.07. The molecule has 0 saturated heterocycles. The minimum absolute atomic E-state index is 0.0516. The van der Waals surface area contributed by atoms with Gasteiger partial charge in [0.2, 0.25) is 5.88 Å². The molecule has 0 unspecified atom stereocenters. The Morgan fingerprint density at radius 3 is 2.55 bits per heavy atom. The van der Waals surface area contributed by atoms with Gasteiger partial charge in [0.25, 0.3) is 0 Å². The van der Waals surface area contributed by atoms with Gasteiger partial charge in [-0.1, -0.05) is 12.1 Å². The van der Waals surface area contributed by atoms with E-state index in [1.165, 1.54) is 32.6 Å². The molecular formula is C16H20N2O4. The molecule has 0 amide bonds. The van der Waals surface area contributed by atoms with Crippen molar-refractivity contribution in [2.45, 2.75) is 18.8 Å². The third-order valence-corrected chi connectivity index (χ3v) is 3.39. The summed E-state index contributed by atoms with van der Waals surface area (Å²) < 4.78 is 15.3. The lowest BCUT2D eigenvalue weighted by atomic mass is 10.1. The summed E-state index contributed by atoms with van der Waals surface area (Å²) in [5.74, 6) is 0.440. The van der Waals surface area contributed by atoms with Gasteiger partial charge in [-0.15, -0.1) is 0 Å². The van der Waals surface area contributed by atoms with Crippen molar-refractivity contribution in [2.24, 2.45) is 11.5 Å². The molecule has 1 aromatic rings. The van der Waals surface area contributed by atoms with E-state index >= 15 is 0 Å². The van der Waals surface area contributed by atoms with Crippen LogP contribution in [0.4, 0.5) is 0 Å². The maximum absolute atomic E-state index is 11.9. The fourth-order valence-electron chi connectivity index (χ4n) is 2.07. The first-order valence-corrected chi connectivity index (χ1v) is 6.92. The molecule has 1 aliphatic carbocycles. The molecule has 6 heteroatoms. The van der Waals surface area contributed by atoms with Gasteiger partial charge >= 0.3 is 5.97 Å². The lowest BCUT2D eigenvalue weighted by Gasteiger charge is -2.14. The van der Waals surface area contributed by atoms with Crippen LogP contribution in [0, 0.1) is 0 Å². The fraction of sp³-hybridized carbons (Fsp3) is 0.312. The average molecular weight is 304 g/mol. The highest BCUT2D eigenvalue weighted by Gasteiger charge is 2.25. The average Bonchev–Trinajstić information content (AvgIpc) is 3.38. The third-order valence-electron chi connectivity index (χ3n) is 3.39. The number of hydrogen-bond donors (Lipinski definition) is 2. The zero-order valence-corrected chi connectivity index (χ0v) is 12.7. The number of rotatable bonds is 6. The lowest BCUT2D eigenvalue weighted by molar-refractivity contribution is -0.136. The Morgan fingerprint density at radius 2 is 2.00 bits per heavy atom. The van der Waals surface area contributed by atoms with Crippen molar-refractivity contribution in [1.29, 1.82) is 0 Å². The molecule has 22 heavy (non-hydrogen) atoms. The second-order valence-corrected chi connectivity index (χ2v) is 4.91. The summed E-state index contributed by atoms with van der Waals surface area (Å²) in [5.41, 5.74) is 12.4. The van der Waals surface area contributed by atoms with Crippen molar-refractivity contribution in [3.05, 3.63) is 53.2 Å². The minimum Gasteiger partial charge on any atom is -0.482 e. The molecule has 0 aromatic heterocycles. The van der Waals surface area contributed by atoms with Crippen LogP contribution >= 0.6 is 0 Å². The van der Waals surface area contributed by atoms with Crippen LogP contribution in [0.1, 0.15) is 24.3 Å². The van der Waals surface area contributed by atoms with Gasteiger partial charge in [0.15, 0.2) is 11.3 Å². The molecule has 118 valence electrons. The topological polar surface area (TPSA) is 96.8 Å². The first-order valence-electron chi connectivity index (χ1n) is 6.92.